The fourth-order valence-corrected chi connectivity index (χ4v) is 1.76. The summed E-state index contributed by atoms with van der Waals surface area (Å²) in [5, 5.41) is 3.50. The molecule has 2 rings (SSSR count). The van der Waals surface area contributed by atoms with E-state index in [1.54, 1.807) is 0 Å². The molecule has 90 valence electrons. The van der Waals surface area contributed by atoms with Gasteiger partial charge < -0.3 is 9.73 Å². The van der Waals surface area contributed by atoms with Gasteiger partial charge in [0, 0.05) is 18.9 Å². The van der Waals surface area contributed by atoms with Crippen LogP contribution in [0.15, 0.2) is 10.6 Å². The van der Waals surface area contributed by atoms with Crippen molar-refractivity contribution in [1.29, 1.82) is 0 Å². The van der Waals surface area contributed by atoms with E-state index in [9.17, 15) is 0 Å². The molecule has 1 heterocycles. The van der Waals surface area contributed by atoms with Gasteiger partial charge in [0.25, 0.3) is 0 Å². The largest absolute Gasteiger partial charge is 0.446 e. The van der Waals surface area contributed by atoms with Gasteiger partial charge in [-0.25, -0.2) is 4.98 Å². The molecular formula is C13H22N2O. The highest BCUT2D eigenvalue weighted by atomic mass is 16.4. The first-order valence-corrected chi connectivity index (χ1v) is 6.55. The molecule has 1 aromatic rings. The predicted octanol–water partition coefficient (Wildman–Crippen LogP) is 2.70. The highest BCUT2D eigenvalue weighted by Crippen LogP contribution is 2.18. The van der Waals surface area contributed by atoms with E-state index < -0.39 is 0 Å². The summed E-state index contributed by atoms with van der Waals surface area (Å²) >= 11 is 0. The number of nitrogens with one attached hydrogen (secondary N) is 1. The van der Waals surface area contributed by atoms with Gasteiger partial charge in [0.05, 0.1) is 6.20 Å². The van der Waals surface area contributed by atoms with E-state index >= 15 is 0 Å². The van der Waals surface area contributed by atoms with Gasteiger partial charge in [0.15, 0.2) is 5.89 Å². The lowest BCUT2D eigenvalue weighted by Crippen LogP contribution is -2.17. The maximum atomic E-state index is 5.67. The van der Waals surface area contributed by atoms with E-state index in [4.69, 9.17) is 4.42 Å². The van der Waals surface area contributed by atoms with Crippen molar-refractivity contribution >= 4 is 0 Å². The third-order valence-corrected chi connectivity index (χ3v) is 2.96. The van der Waals surface area contributed by atoms with E-state index in [2.05, 4.69) is 17.2 Å². The van der Waals surface area contributed by atoms with Crippen LogP contribution in [0.5, 0.6) is 0 Å². The summed E-state index contributed by atoms with van der Waals surface area (Å²) in [6.45, 7) is 3.29. The van der Waals surface area contributed by atoms with Crippen molar-refractivity contribution in [3.63, 3.8) is 0 Å². The zero-order valence-electron chi connectivity index (χ0n) is 10.2. The van der Waals surface area contributed by atoms with Gasteiger partial charge in [-0.2, -0.15) is 0 Å². The van der Waals surface area contributed by atoms with E-state index in [1.807, 2.05) is 6.20 Å². The smallest absolute Gasteiger partial charge is 0.194 e. The fraction of sp³-hybridized carbons (Fsp3) is 0.769. The van der Waals surface area contributed by atoms with Crippen LogP contribution in [-0.4, -0.2) is 17.6 Å². The van der Waals surface area contributed by atoms with Crippen LogP contribution < -0.4 is 5.32 Å². The average Bonchev–Trinajstić information content (AvgIpc) is 3.01. The van der Waals surface area contributed by atoms with Crippen LogP contribution in [0.25, 0.3) is 0 Å². The molecule has 1 saturated carbocycles. The maximum absolute atomic E-state index is 5.67. The maximum Gasteiger partial charge on any atom is 0.194 e. The Bertz CT molecular complexity index is 305. The molecule has 1 aliphatic carbocycles. The van der Waals surface area contributed by atoms with Crippen molar-refractivity contribution in [1.82, 2.24) is 10.3 Å². The molecule has 16 heavy (non-hydrogen) atoms. The second-order valence-corrected chi connectivity index (χ2v) is 4.66. The molecule has 3 nitrogen and oxygen atoms in total. The lowest BCUT2D eigenvalue weighted by Gasteiger charge is -1.99. The summed E-state index contributed by atoms with van der Waals surface area (Å²) in [5.41, 5.74) is 0. The summed E-state index contributed by atoms with van der Waals surface area (Å²) < 4.78 is 5.67. The van der Waals surface area contributed by atoms with Gasteiger partial charge in [-0.1, -0.05) is 13.3 Å². The van der Waals surface area contributed by atoms with Gasteiger partial charge >= 0.3 is 0 Å². The molecule has 1 aromatic heterocycles. The minimum atomic E-state index is 0.810. The molecule has 0 unspecified atom stereocenters. The Balaban J connectivity index is 1.61. The second kappa shape index (κ2) is 6.04. The van der Waals surface area contributed by atoms with Crippen LogP contribution in [-0.2, 0) is 12.8 Å². The summed E-state index contributed by atoms with van der Waals surface area (Å²) in [4.78, 5) is 4.31. The summed E-state index contributed by atoms with van der Waals surface area (Å²) in [5.74, 6) is 1.95. The van der Waals surface area contributed by atoms with E-state index in [1.165, 1.54) is 25.7 Å². The Morgan fingerprint density at radius 1 is 1.38 bits per heavy atom. The van der Waals surface area contributed by atoms with Gasteiger partial charge in [0.1, 0.15) is 5.76 Å². The van der Waals surface area contributed by atoms with Crippen molar-refractivity contribution in [3.8, 4) is 0 Å². The van der Waals surface area contributed by atoms with E-state index in [0.717, 1.165) is 43.5 Å². The first-order chi connectivity index (χ1) is 7.88. The fourth-order valence-electron chi connectivity index (χ4n) is 1.76. The molecule has 0 radical (unpaired) electrons. The molecule has 1 N–H and O–H groups in total. The Morgan fingerprint density at radius 3 is 3.00 bits per heavy atom. The molecular weight excluding hydrogens is 200 g/mol. The van der Waals surface area contributed by atoms with Crippen LogP contribution in [0.3, 0.4) is 0 Å². The van der Waals surface area contributed by atoms with Crippen molar-refractivity contribution in [2.24, 2.45) is 0 Å². The number of hydrogen-bond acceptors (Lipinski definition) is 3. The van der Waals surface area contributed by atoms with Gasteiger partial charge in [-0.05, 0) is 32.2 Å². The molecule has 0 atom stereocenters. The molecule has 0 aliphatic heterocycles. The lowest BCUT2D eigenvalue weighted by atomic mass is 10.2. The standard InChI is InChI=1S/C13H22N2O/c1-2-3-5-12-10-15-13(16-12)6-4-9-14-11-7-8-11/h10-11,14H,2-9H2,1H3. The van der Waals surface area contributed by atoms with Crippen molar-refractivity contribution in [2.75, 3.05) is 6.54 Å². The molecule has 0 saturated heterocycles. The SMILES string of the molecule is CCCCc1cnc(CCCNC2CC2)o1. The normalized spacial score (nSPS) is 15.6. The summed E-state index contributed by atoms with van der Waals surface area (Å²) in [6, 6.07) is 0.810. The third-order valence-electron chi connectivity index (χ3n) is 2.96. The van der Waals surface area contributed by atoms with Gasteiger partial charge in [0.2, 0.25) is 0 Å². The van der Waals surface area contributed by atoms with Gasteiger partial charge in [-0.3, -0.25) is 0 Å². The minimum absolute atomic E-state index is 0.810. The van der Waals surface area contributed by atoms with Crippen molar-refractivity contribution in [3.05, 3.63) is 17.8 Å². The topological polar surface area (TPSA) is 38.1 Å². The predicted molar refractivity (Wildman–Crippen MR) is 64.5 cm³/mol. The second-order valence-electron chi connectivity index (χ2n) is 4.66. The van der Waals surface area contributed by atoms with E-state index in [-0.39, 0.29) is 0 Å². The van der Waals surface area contributed by atoms with Gasteiger partial charge in [-0.15, -0.1) is 0 Å². The molecule has 1 aliphatic rings. The zero-order valence-corrected chi connectivity index (χ0v) is 10.2. The molecule has 3 heteroatoms. The number of hydrogen-bond donors (Lipinski definition) is 1. The van der Waals surface area contributed by atoms with Crippen molar-refractivity contribution in [2.45, 2.75) is 57.9 Å². The molecule has 0 aromatic carbocycles. The first kappa shape index (κ1) is 11.6. The van der Waals surface area contributed by atoms with E-state index in [0.29, 0.717) is 0 Å². The summed E-state index contributed by atoms with van der Waals surface area (Å²) in [6.07, 6.45) is 10.1. The number of aromatic nitrogens is 1. The zero-order chi connectivity index (χ0) is 11.2. The molecule has 1 fully saturated rings. The van der Waals surface area contributed by atoms with Crippen LogP contribution in [0.4, 0.5) is 0 Å². The number of nitrogens with zero attached hydrogens (tertiary/aromatic N) is 1. The van der Waals surface area contributed by atoms with Crippen LogP contribution >= 0.6 is 0 Å². The quantitative estimate of drug-likeness (QED) is 0.687. The number of oxazole rings is 1. The molecule has 0 amide bonds. The number of aryl methyl sites for hydroxylation is 2. The number of unbranched alkanes of at least 4 members (excludes halogenated alkanes) is 1. The Morgan fingerprint density at radius 2 is 2.25 bits per heavy atom. The van der Waals surface area contributed by atoms with Crippen LogP contribution in [0, 0.1) is 0 Å². The first-order valence-electron chi connectivity index (χ1n) is 6.55. The van der Waals surface area contributed by atoms with Crippen molar-refractivity contribution < 1.29 is 4.42 Å². The monoisotopic (exact) mass is 222 g/mol. The average molecular weight is 222 g/mol. The third kappa shape index (κ3) is 3.97. The Kier molecular flexibility index (Phi) is 4.40. The summed E-state index contributed by atoms with van der Waals surface area (Å²) in [7, 11) is 0. The molecule has 0 spiro atoms. The van der Waals surface area contributed by atoms with Crippen LogP contribution in [0.1, 0.15) is 50.7 Å². The Hall–Kier alpha value is -0.830. The highest BCUT2D eigenvalue weighted by molar-refractivity contribution is 4.94. The molecule has 0 bridgehead atoms. The number of rotatable bonds is 8. The lowest BCUT2D eigenvalue weighted by molar-refractivity contribution is 0.441. The van der Waals surface area contributed by atoms with Crippen LogP contribution in [0.2, 0.25) is 0 Å². The Labute approximate surface area is 97.6 Å². The minimum Gasteiger partial charge on any atom is -0.446 e. The highest BCUT2D eigenvalue weighted by Gasteiger charge is 2.19.